The van der Waals surface area contributed by atoms with E-state index >= 15 is 0 Å². The number of nitrogens with one attached hydrogen (secondary N) is 1. The maximum atomic E-state index is 12.7. The van der Waals surface area contributed by atoms with Crippen molar-refractivity contribution in [1.29, 1.82) is 0 Å². The normalized spacial score (nSPS) is 25.8. The summed E-state index contributed by atoms with van der Waals surface area (Å²) in [7, 11) is 0. The molecule has 0 bridgehead atoms. The summed E-state index contributed by atoms with van der Waals surface area (Å²) < 4.78 is 0. The molecule has 2 aliphatic heterocycles. The topological polar surface area (TPSA) is 158 Å². The van der Waals surface area contributed by atoms with Crippen molar-refractivity contribution in [3.8, 4) is 0 Å². The molecule has 2 fully saturated rings. The molecule has 2 amide bonds. The number of hydrogen-bond acceptors (Lipinski definition) is 10. The predicted molar refractivity (Wildman–Crippen MR) is 111 cm³/mol. The van der Waals surface area contributed by atoms with Crippen LogP contribution in [0, 0.1) is 5.41 Å². The third-order valence-corrected chi connectivity index (χ3v) is 7.55. The summed E-state index contributed by atoms with van der Waals surface area (Å²) in [6, 6.07) is -0.841. The number of amides is 2. The standard InChI is InChI=1S/C16H18N4O7S3/c1-28-5-16(15(25)26)4-20-13(24)11(14(20)30-6-16)18-12(23)10(8-3-29-7-17-8)19-27-2-9(21)22/h3,7,11,14H,2,4-6H2,1H3,(H,18,23)(H,21,22)(H,25,26)/t11?,14-,16?/m1/s1. The Morgan fingerprint density at radius 2 is 2.23 bits per heavy atom. The Balaban J connectivity index is 1.69. The molecule has 30 heavy (non-hydrogen) atoms. The highest BCUT2D eigenvalue weighted by molar-refractivity contribution is 8.00. The SMILES string of the molecule is CSCC1(C(=O)O)CS[C@@H]2C(NC(=O)C(=NOCC(=O)O)c3cscn3)C(=O)N2C1. The summed E-state index contributed by atoms with van der Waals surface area (Å²) in [4.78, 5) is 57.8. The number of β-lactam (4-membered cyclic amide) rings is 1. The molecule has 162 valence electrons. The molecule has 1 aromatic heterocycles. The quantitative estimate of drug-likeness (QED) is 0.248. The van der Waals surface area contributed by atoms with E-state index in [-0.39, 0.29) is 29.2 Å². The maximum Gasteiger partial charge on any atom is 0.344 e. The highest BCUT2D eigenvalue weighted by Crippen LogP contribution is 2.43. The van der Waals surface area contributed by atoms with E-state index < -0.39 is 35.9 Å². The highest BCUT2D eigenvalue weighted by atomic mass is 32.2. The lowest BCUT2D eigenvalue weighted by molar-refractivity contribution is -0.157. The molecule has 1 aromatic rings. The van der Waals surface area contributed by atoms with Crippen molar-refractivity contribution < 1.29 is 34.2 Å². The first kappa shape index (κ1) is 22.4. The van der Waals surface area contributed by atoms with Crippen LogP contribution in [0.1, 0.15) is 5.69 Å². The molecule has 11 nitrogen and oxygen atoms in total. The van der Waals surface area contributed by atoms with Crippen molar-refractivity contribution in [2.75, 3.05) is 30.9 Å². The van der Waals surface area contributed by atoms with Crippen molar-refractivity contribution in [2.24, 2.45) is 10.6 Å². The zero-order valence-corrected chi connectivity index (χ0v) is 18.1. The van der Waals surface area contributed by atoms with Crippen molar-refractivity contribution in [3.63, 3.8) is 0 Å². The molecule has 2 aliphatic rings. The average Bonchev–Trinajstić information content (AvgIpc) is 3.23. The maximum absolute atomic E-state index is 12.7. The van der Waals surface area contributed by atoms with Crippen LogP contribution in [-0.2, 0) is 24.0 Å². The van der Waals surface area contributed by atoms with E-state index in [2.05, 4.69) is 20.3 Å². The summed E-state index contributed by atoms with van der Waals surface area (Å²) in [5.41, 5.74) is 0.391. The second-order valence-electron chi connectivity index (χ2n) is 6.62. The van der Waals surface area contributed by atoms with Gasteiger partial charge in [-0.1, -0.05) is 5.16 Å². The summed E-state index contributed by atoms with van der Waals surface area (Å²) in [5, 5.41) is 25.6. The Kier molecular flexibility index (Phi) is 6.88. The summed E-state index contributed by atoms with van der Waals surface area (Å²) in [6.07, 6.45) is 1.81. The molecular weight excluding hydrogens is 456 g/mol. The van der Waals surface area contributed by atoms with Crippen LogP contribution in [0.2, 0.25) is 0 Å². The van der Waals surface area contributed by atoms with E-state index in [0.717, 1.165) is 0 Å². The van der Waals surface area contributed by atoms with Crippen LogP contribution in [0.15, 0.2) is 16.0 Å². The van der Waals surface area contributed by atoms with Crippen molar-refractivity contribution in [1.82, 2.24) is 15.2 Å². The van der Waals surface area contributed by atoms with Crippen LogP contribution in [0.5, 0.6) is 0 Å². The third kappa shape index (κ3) is 4.39. The zero-order valence-electron chi connectivity index (χ0n) is 15.6. The van der Waals surface area contributed by atoms with Gasteiger partial charge < -0.3 is 25.3 Å². The number of oxime groups is 1. The first-order chi connectivity index (χ1) is 14.3. The molecule has 3 N–H and O–H groups in total. The van der Waals surface area contributed by atoms with Gasteiger partial charge in [-0.2, -0.15) is 11.8 Å². The number of fused-ring (bicyclic) bond motifs is 1. The lowest BCUT2D eigenvalue weighted by Gasteiger charge is -2.53. The van der Waals surface area contributed by atoms with Gasteiger partial charge in [0.2, 0.25) is 12.5 Å². The number of carbonyl (C=O) groups is 4. The van der Waals surface area contributed by atoms with Gasteiger partial charge in [0.05, 0.1) is 5.51 Å². The molecule has 0 radical (unpaired) electrons. The first-order valence-corrected chi connectivity index (χ1v) is 11.9. The number of rotatable bonds is 9. The monoisotopic (exact) mass is 474 g/mol. The van der Waals surface area contributed by atoms with Gasteiger partial charge in [0.25, 0.3) is 5.91 Å². The first-order valence-electron chi connectivity index (χ1n) is 8.54. The molecule has 0 saturated carbocycles. The van der Waals surface area contributed by atoms with Crippen LogP contribution < -0.4 is 5.32 Å². The van der Waals surface area contributed by atoms with Crippen LogP contribution >= 0.6 is 34.9 Å². The molecule has 3 atom stereocenters. The van der Waals surface area contributed by atoms with E-state index in [4.69, 9.17) is 5.11 Å². The Hall–Kier alpha value is -2.32. The fraction of sp³-hybridized carbons (Fsp3) is 0.500. The average molecular weight is 475 g/mol. The highest BCUT2D eigenvalue weighted by Gasteiger charge is 2.57. The van der Waals surface area contributed by atoms with E-state index in [9.17, 15) is 24.3 Å². The van der Waals surface area contributed by atoms with Crippen LogP contribution in [0.25, 0.3) is 0 Å². The Morgan fingerprint density at radius 3 is 2.83 bits per heavy atom. The fourth-order valence-corrected chi connectivity index (χ4v) is 6.16. The number of carbonyl (C=O) groups excluding carboxylic acids is 2. The minimum Gasteiger partial charge on any atom is -0.481 e. The number of carboxylic acid groups (broad SMARTS) is 2. The van der Waals surface area contributed by atoms with Gasteiger partial charge >= 0.3 is 11.9 Å². The number of nitrogens with zero attached hydrogens (tertiary/aromatic N) is 3. The summed E-state index contributed by atoms with van der Waals surface area (Å²) in [5.74, 6) is -2.62. The van der Waals surface area contributed by atoms with Crippen LogP contribution in [0.3, 0.4) is 0 Å². The van der Waals surface area contributed by atoms with E-state index in [1.807, 2.05) is 6.26 Å². The molecule has 0 aromatic carbocycles. The second kappa shape index (κ2) is 9.22. The largest absolute Gasteiger partial charge is 0.481 e. The molecule has 3 heterocycles. The fourth-order valence-electron chi connectivity index (χ4n) is 3.08. The smallest absolute Gasteiger partial charge is 0.344 e. The Bertz CT molecular complexity index is 878. The van der Waals surface area contributed by atoms with Gasteiger partial charge in [-0.3, -0.25) is 14.4 Å². The van der Waals surface area contributed by atoms with Gasteiger partial charge in [-0.15, -0.1) is 23.1 Å². The molecular formula is C16H18N4O7S3. The van der Waals surface area contributed by atoms with Crippen LogP contribution in [-0.4, -0.2) is 91.9 Å². The van der Waals surface area contributed by atoms with Gasteiger partial charge in [0.15, 0.2) is 5.71 Å². The number of carboxylic acids is 2. The van der Waals surface area contributed by atoms with Crippen molar-refractivity contribution in [3.05, 3.63) is 16.6 Å². The van der Waals surface area contributed by atoms with E-state index in [1.165, 1.54) is 50.7 Å². The second-order valence-corrected chi connectivity index (χ2v) is 9.31. The zero-order chi connectivity index (χ0) is 21.9. The lowest BCUT2D eigenvalue weighted by Crippen LogP contribution is -2.74. The molecule has 0 aliphatic carbocycles. The van der Waals surface area contributed by atoms with Crippen molar-refractivity contribution >= 4 is 64.3 Å². The minimum atomic E-state index is -1.26. The Morgan fingerprint density at radius 1 is 1.47 bits per heavy atom. The van der Waals surface area contributed by atoms with E-state index in [1.54, 1.807) is 0 Å². The molecule has 2 saturated heterocycles. The molecule has 14 heteroatoms. The number of aliphatic carboxylic acids is 2. The van der Waals surface area contributed by atoms with Gasteiger partial charge in [-0.25, -0.2) is 9.78 Å². The van der Waals surface area contributed by atoms with Gasteiger partial charge in [0.1, 0.15) is 22.5 Å². The Labute approximate surface area is 183 Å². The van der Waals surface area contributed by atoms with Gasteiger partial charge in [-0.05, 0) is 6.26 Å². The number of thiazole rings is 1. The summed E-state index contributed by atoms with van der Waals surface area (Å²) in [6.45, 7) is -0.650. The molecule has 3 rings (SSSR count). The summed E-state index contributed by atoms with van der Waals surface area (Å²) >= 11 is 3.92. The molecule has 2 unspecified atom stereocenters. The number of thioether (sulfide) groups is 2. The predicted octanol–water partition coefficient (Wildman–Crippen LogP) is -0.218. The lowest BCUT2D eigenvalue weighted by atomic mass is 9.89. The van der Waals surface area contributed by atoms with Crippen LogP contribution in [0.4, 0.5) is 0 Å². The number of hydrogen-bond donors (Lipinski definition) is 3. The number of aromatic nitrogens is 1. The molecule has 0 spiro atoms. The van der Waals surface area contributed by atoms with Gasteiger partial charge in [0, 0.05) is 23.4 Å². The van der Waals surface area contributed by atoms with Crippen molar-refractivity contribution in [2.45, 2.75) is 11.4 Å². The minimum absolute atomic E-state index is 0.0841. The third-order valence-electron chi connectivity index (χ3n) is 4.54. The van der Waals surface area contributed by atoms with E-state index in [0.29, 0.717) is 11.5 Å².